The number of thiophene rings is 1. The van der Waals surface area contributed by atoms with Crippen molar-refractivity contribution in [3.63, 3.8) is 0 Å². The maximum atomic E-state index is 11.8. The number of hydrogen-bond donors (Lipinski definition) is 3. The van der Waals surface area contributed by atoms with Gasteiger partial charge in [0.05, 0.1) is 0 Å². The molecule has 2 rings (SSSR count). The van der Waals surface area contributed by atoms with E-state index in [4.69, 9.17) is 9.63 Å². The summed E-state index contributed by atoms with van der Waals surface area (Å²) in [6.07, 6.45) is 1.28. The van der Waals surface area contributed by atoms with Crippen LogP contribution in [0.25, 0.3) is 0 Å². The summed E-state index contributed by atoms with van der Waals surface area (Å²) in [6, 6.07) is 5.49. The van der Waals surface area contributed by atoms with Gasteiger partial charge in [0.25, 0.3) is 0 Å². The molecule has 2 amide bonds. The molecule has 23 heavy (non-hydrogen) atoms. The molecular formula is C15H19N3O4S. The lowest BCUT2D eigenvalue weighted by Crippen LogP contribution is -2.36. The van der Waals surface area contributed by atoms with Crippen molar-refractivity contribution in [2.45, 2.75) is 25.7 Å². The topological polar surface area (TPSA) is 104 Å². The number of nitrogens with zero attached hydrogens (tertiary/aromatic N) is 1. The van der Waals surface area contributed by atoms with E-state index in [9.17, 15) is 9.59 Å². The smallest absolute Gasteiger partial charge is 0.314 e. The highest BCUT2D eigenvalue weighted by Gasteiger charge is 2.17. The standard InChI is InChI=1S/C15H19N3O4S/c1-10-9-13(18-22-10)17-15(21)14(20)16-6-4-11(5-7-19)12-3-2-8-23-12/h2-3,8-9,11,19H,4-7H2,1H3,(H,16,20)(H,17,18,21)/t11-/m1/s1. The van der Waals surface area contributed by atoms with Crippen molar-refractivity contribution in [3.05, 3.63) is 34.2 Å². The number of aliphatic hydroxyl groups excluding tert-OH is 1. The van der Waals surface area contributed by atoms with E-state index in [0.29, 0.717) is 25.1 Å². The molecule has 2 heterocycles. The van der Waals surface area contributed by atoms with Gasteiger partial charge >= 0.3 is 11.8 Å². The number of amides is 2. The van der Waals surface area contributed by atoms with Gasteiger partial charge in [-0.2, -0.15) is 0 Å². The van der Waals surface area contributed by atoms with Crippen LogP contribution in [-0.4, -0.2) is 35.2 Å². The number of carbonyl (C=O) groups excluding carboxylic acids is 2. The molecule has 0 aliphatic carbocycles. The summed E-state index contributed by atoms with van der Waals surface area (Å²) in [5, 5.41) is 19.6. The van der Waals surface area contributed by atoms with E-state index in [1.54, 1.807) is 18.3 Å². The molecule has 124 valence electrons. The predicted molar refractivity (Wildman–Crippen MR) is 86.3 cm³/mol. The maximum absolute atomic E-state index is 11.8. The fraction of sp³-hybridized carbons (Fsp3) is 0.400. The predicted octanol–water partition coefficient (Wildman–Crippen LogP) is 1.66. The third-order valence-corrected chi connectivity index (χ3v) is 4.31. The van der Waals surface area contributed by atoms with Crippen molar-refractivity contribution in [3.8, 4) is 0 Å². The lowest BCUT2D eigenvalue weighted by Gasteiger charge is -2.14. The summed E-state index contributed by atoms with van der Waals surface area (Å²) < 4.78 is 4.81. The number of nitrogens with one attached hydrogen (secondary N) is 2. The van der Waals surface area contributed by atoms with Crippen LogP contribution in [0.2, 0.25) is 0 Å². The number of hydrogen-bond acceptors (Lipinski definition) is 6. The Hall–Kier alpha value is -2.19. The minimum Gasteiger partial charge on any atom is -0.396 e. The number of anilines is 1. The normalized spacial score (nSPS) is 11.9. The molecule has 0 radical (unpaired) electrons. The van der Waals surface area contributed by atoms with Gasteiger partial charge in [-0.3, -0.25) is 14.9 Å². The second kappa shape index (κ2) is 8.44. The third-order valence-electron chi connectivity index (χ3n) is 3.28. The Morgan fingerprint density at radius 3 is 2.83 bits per heavy atom. The summed E-state index contributed by atoms with van der Waals surface area (Å²) in [7, 11) is 0. The number of aryl methyl sites for hydroxylation is 1. The highest BCUT2D eigenvalue weighted by atomic mass is 32.1. The molecule has 0 aromatic carbocycles. The quantitative estimate of drug-likeness (QED) is 0.667. The SMILES string of the molecule is Cc1cc(NC(=O)C(=O)NCC[C@H](CCO)c2cccs2)no1. The molecular weight excluding hydrogens is 318 g/mol. The molecule has 7 nitrogen and oxygen atoms in total. The van der Waals surface area contributed by atoms with Crippen molar-refractivity contribution in [2.24, 2.45) is 0 Å². The average molecular weight is 337 g/mol. The van der Waals surface area contributed by atoms with Crippen LogP contribution in [0.5, 0.6) is 0 Å². The van der Waals surface area contributed by atoms with Crippen LogP contribution in [0.3, 0.4) is 0 Å². The molecule has 0 spiro atoms. The van der Waals surface area contributed by atoms with E-state index >= 15 is 0 Å². The molecule has 3 N–H and O–H groups in total. The van der Waals surface area contributed by atoms with E-state index in [1.165, 1.54) is 6.07 Å². The minimum absolute atomic E-state index is 0.0858. The van der Waals surface area contributed by atoms with E-state index in [0.717, 1.165) is 4.88 Å². The fourth-order valence-corrected chi connectivity index (χ4v) is 3.05. The third kappa shape index (κ3) is 5.19. The largest absolute Gasteiger partial charge is 0.396 e. The van der Waals surface area contributed by atoms with Crippen molar-refractivity contribution in [1.29, 1.82) is 0 Å². The van der Waals surface area contributed by atoms with Gasteiger partial charge in [0.15, 0.2) is 5.82 Å². The molecule has 8 heteroatoms. The molecule has 2 aromatic rings. The number of rotatable bonds is 7. The highest BCUT2D eigenvalue weighted by molar-refractivity contribution is 7.10. The first-order valence-corrected chi connectivity index (χ1v) is 8.15. The lowest BCUT2D eigenvalue weighted by atomic mass is 10.00. The molecule has 0 bridgehead atoms. The summed E-state index contributed by atoms with van der Waals surface area (Å²) in [6.45, 7) is 2.13. The molecule has 0 saturated carbocycles. The molecule has 0 aliphatic rings. The van der Waals surface area contributed by atoms with Crippen LogP contribution in [0.15, 0.2) is 28.1 Å². The van der Waals surface area contributed by atoms with Gasteiger partial charge in [0, 0.05) is 24.1 Å². The molecule has 0 unspecified atom stereocenters. The van der Waals surface area contributed by atoms with Gasteiger partial charge in [0.1, 0.15) is 5.76 Å². The summed E-state index contributed by atoms with van der Waals surface area (Å²) in [5.41, 5.74) is 0. The van der Waals surface area contributed by atoms with Gasteiger partial charge in [-0.25, -0.2) is 0 Å². The van der Waals surface area contributed by atoms with E-state index in [2.05, 4.69) is 15.8 Å². The van der Waals surface area contributed by atoms with Crippen molar-refractivity contribution < 1.29 is 19.2 Å². The van der Waals surface area contributed by atoms with Gasteiger partial charge in [-0.15, -0.1) is 11.3 Å². The van der Waals surface area contributed by atoms with Crippen LogP contribution < -0.4 is 10.6 Å². The Morgan fingerprint density at radius 1 is 1.39 bits per heavy atom. The van der Waals surface area contributed by atoms with E-state index in [1.807, 2.05) is 17.5 Å². The average Bonchev–Trinajstić information content (AvgIpc) is 3.18. The summed E-state index contributed by atoms with van der Waals surface area (Å²) >= 11 is 1.62. The summed E-state index contributed by atoms with van der Waals surface area (Å²) in [5.74, 6) is -0.586. The van der Waals surface area contributed by atoms with Crippen molar-refractivity contribution in [2.75, 3.05) is 18.5 Å². The van der Waals surface area contributed by atoms with Crippen LogP contribution >= 0.6 is 11.3 Å². The Bertz CT molecular complexity index is 639. The zero-order valence-electron chi connectivity index (χ0n) is 12.7. The second-order valence-corrected chi connectivity index (χ2v) is 6.03. The fourth-order valence-electron chi connectivity index (χ4n) is 2.15. The molecule has 0 saturated heterocycles. The van der Waals surface area contributed by atoms with Gasteiger partial charge in [-0.05, 0) is 37.1 Å². The first kappa shape index (κ1) is 17.2. The first-order chi connectivity index (χ1) is 11.1. The van der Waals surface area contributed by atoms with Crippen LogP contribution in [0.4, 0.5) is 5.82 Å². The number of aliphatic hydroxyl groups is 1. The second-order valence-electron chi connectivity index (χ2n) is 5.05. The van der Waals surface area contributed by atoms with Crippen LogP contribution in [0, 0.1) is 6.92 Å². The van der Waals surface area contributed by atoms with Gasteiger partial charge < -0.3 is 14.9 Å². The molecule has 0 fully saturated rings. The Morgan fingerprint density at radius 2 is 2.22 bits per heavy atom. The monoisotopic (exact) mass is 337 g/mol. The Kier molecular flexibility index (Phi) is 6.30. The lowest BCUT2D eigenvalue weighted by molar-refractivity contribution is -0.136. The Balaban J connectivity index is 1.77. The van der Waals surface area contributed by atoms with E-state index in [-0.39, 0.29) is 18.3 Å². The molecule has 0 aliphatic heterocycles. The van der Waals surface area contributed by atoms with Gasteiger partial charge in [-0.1, -0.05) is 11.2 Å². The molecule has 1 atom stereocenters. The first-order valence-electron chi connectivity index (χ1n) is 7.27. The van der Waals surface area contributed by atoms with Crippen molar-refractivity contribution >= 4 is 29.0 Å². The zero-order valence-corrected chi connectivity index (χ0v) is 13.6. The van der Waals surface area contributed by atoms with Crippen LogP contribution in [-0.2, 0) is 9.59 Å². The minimum atomic E-state index is -0.784. The summed E-state index contributed by atoms with van der Waals surface area (Å²) in [4.78, 5) is 24.6. The van der Waals surface area contributed by atoms with Crippen LogP contribution in [0.1, 0.15) is 29.4 Å². The highest BCUT2D eigenvalue weighted by Crippen LogP contribution is 2.26. The zero-order chi connectivity index (χ0) is 16.7. The van der Waals surface area contributed by atoms with Gasteiger partial charge in [0.2, 0.25) is 0 Å². The number of carbonyl (C=O) groups is 2. The van der Waals surface area contributed by atoms with E-state index < -0.39 is 11.8 Å². The molecule has 2 aromatic heterocycles. The Labute approximate surface area is 137 Å². The maximum Gasteiger partial charge on any atom is 0.314 e. The van der Waals surface area contributed by atoms with Crippen molar-refractivity contribution in [1.82, 2.24) is 10.5 Å². The number of aromatic nitrogens is 1.